The number of tetrazole rings is 1. The summed E-state index contributed by atoms with van der Waals surface area (Å²) in [6, 6.07) is -2.71. The Morgan fingerprint density at radius 3 is 1.90 bits per heavy atom. The zero-order valence-corrected chi connectivity index (χ0v) is 35.4. The molecule has 1 aromatic rings. The Morgan fingerprint density at radius 1 is 0.667 bits per heavy atom. The maximum Gasteiger partial charge on any atom is 0.326 e. The Morgan fingerprint density at radius 2 is 1.30 bits per heavy atom. The lowest BCUT2D eigenvalue weighted by Gasteiger charge is -2.18. The van der Waals surface area contributed by atoms with Gasteiger partial charge >= 0.3 is 5.97 Å². The van der Waals surface area contributed by atoms with Crippen LogP contribution in [0.2, 0.25) is 0 Å². The Labute approximate surface area is 353 Å². The Kier molecular flexibility index (Phi) is 32.9. The zero-order valence-electron chi connectivity index (χ0n) is 35.4. The second-order valence-corrected chi connectivity index (χ2v) is 14.7. The Hall–Kier alpha value is -4.15. The molecule has 3 atom stereocenters. The number of unbranched alkanes of at least 4 members (excludes halogenated alkanes) is 13. The van der Waals surface area contributed by atoms with E-state index < -0.39 is 36.6 Å². The summed E-state index contributed by atoms with van der Waals surface area (Å²) in [5.41, 5.74) is 10.7. The van der Waals surface area contributed by atoms with Crippen molar-refractivity contribution >= 4 is 35.4 Å². The van der Waals surface area contributed by atoms with Gasteiger partial charge < -0.3 is 47.1 Å². The van der Waals surface area contributed by atoms with E-state index in [4.69, 9.17) is 26.0 Å². The number of hydrogen-bond donors (Lipinski definition) is 10. The third kappa shape index (κ3) is 30.0. The van der Waals surface area contributed by atoms with Gasteiger partial charge in [0, 0.05) is 39.0 Å². The molecule has 0 saturated heterocycles. The summed E-state index contributed by atoms with van der Waals surface area (Å²) in [7, 11) is 0. The van der Waals surface area contributed by atoms with Crippen LogP contribution in [0, 0.1) is 0 Å². The molecule has 0 aromatic carbocycles. The van der Waals surface area contributed by atoms with E-state index in [0.717, 1.165) is 37.9 Å². The number of H-pyrrole nitrogens is 1. The van der Waals surface area contributed by atoms with Gasteiger partial charge in [0.15, 0.2) is 5.78 Å². The number of carboxylic acid groups (broad SMARTS) is 1. The van der Waals surface area contributed by atoms with Crippen molar-refractivity contribution in [3.8, 4) is 0 Å². The maximum absolute atomic E-state index is 12.4. The number of aliphatic hydroxyl groups is 1. The van der Waals surface area contributed by atoms with Gasteiger partial charge in [0.05, 0.1) is 39.0 Å². The van der Waals surface area contributed by atoms with Gasteiger partial charge in [-0.1, -0.05) is 70.6 Å². The van der Waals surface area contributed by atoms with Gasteiger partial charge in [-0.3, -0.25) is 34.6 Å². The van der Waals surface area contributed by atoms with E-state index in [2.05, 4.69) is 47.2 Å². The largest absolute Gasteiger partial charge is 0.480 e. The van der Waals surface area contributed by atoms with E-state index in [1.807, 2.05) is 0 Å². The van der Waals surface area contributed by atoms with Crippen molar-refractivity contribution in [2.24, 2.45) is 11.5 Å². The number of amides is 4. The van der Waals surface area contributed by atoms with Crippen LogP contribution in [0.3, 0.4) is 0 Å². The summed E-state index contributed by atoms with van der Waals surface area (Å²) in [6.07, 6.45) is 17.5. The molecule has 1 aromatic heterocycles. The molecular formula is C39H73N11O10. The minimum Gasteiger partial charge on any atom is -0.480 e. The highest BCUT2D eigenvalue weighted by Crippen LogP contribution is 2.14. The van der Waals surface area contributed by atoms with Crippen molar-refractivity contribution in [3.05, 3.63) is 5.82 Å². The molecule has 0 radical (unpaired) electrons. The number of aliphatic carboxylic acids is 1. The third-order valence-electron chi connectivity index (χ3n) is 9.72. The summed E-state index contributed by atoms with van der Waals surface area (Å²) in [5.74, 6) is -2.31. The quantitative estimate of drug-likeness (QED) is 0.0302. The van der Waals surface area contributed by atoms with Crippen molar-refractivity contribution in [2.45, 2.75) is 147 Å². The van der Waals surface area contributed by atoms with E-state index in [9.17, 15) is 33.9 Å². The van der Waals surface area contributed by atoms with E-state index in [-0.39, 0.29) is 89.0 Å². The number of carboxylic acids is 1. The monoisotopic (exact) mass is 856 g/mol. The van der Waals surface area contributed by atoms with Crippen LogP contribution in [0.25, 0.3) is 0 Å². The first-order valence-corrected chi connectivity index (χ1v) is 21.6. The number of carbonyl (C=O) groups excluding carboxylic acids is 5. The van der Waals surface area contributed by atoms with Gasteiger partial charge in [0.2, 0.25) is 23.6 Å². The molecule has 0 aliphatic rings. The van der Waals surface area contributed by atoms with Crippen molar-refractivity contribution in [3.63, 3.8) is 0 Å². The highest BCUT2D eigenvalue weighted by atomic mass is 16.5. The number of rotatable bonds is 42. The van der Waals surface area contributed by atoms with E-state index >= 15 is 0 Å². The molecule has 1 unspecified atom stereocenters. The highest BCUT2D eigenvalue weighted by Gasteiger charge is 2.22. The number of aliphatic hydroxyl groups excluding tert-OH is 1. The van der Waals surface area contributed by atoms with E-state index in [1.54, 1.807) is 0 Å². The first-order valence-electron chi connectivity index (χ1n) is 21.6. The number of ketones is 1. The normalized spacial score (nSPS) is 12.7. The van der Waals surface area contributed by atoms with Crippen molar-refractivity contribution < 1.29 is 48.5 Å². The van der Waals surface area contributed by atoms with Crippen molar-refractivity contribution in [1.82, 2.24) is 47.2 Å². The van der Waals surface area contributed by atoms with E-state index in [0.29, 0.717) is 32.2 Å². The molecule has 344 valence electrons. The average molecular weight is 856 g/mol. The Bertz CT molecular complexity index is 1310. The van der Waals surface area contributed by atoms with Gasteiger partial charge in [-0.15, -0.1) is 5.10 Å². The lowest BCUT2D eigenvalue weighted by Crippen LogP contribution is -2.50. The summed E-state index contributed by atoms with van der Waals surface area (Å²) in [5, 5.41) is 46.0. The van der Waals surface area contributed by atoms with Gasteiger partial charge in [0.1, 0.15) is 24.5 Å². The number of nitrogens with two attached hydrogens (primary N) is 2. The number of Topliss-reactive ketones (excluding diaryl/α,β-unsaturated/α-hetero) is 1. The molecule has 21 nitrogen and oxygen atoms in total. The van der Waals surface area contributed by atoms with Crippen LogP contribution in [0.4, 0.5) is 0 Å². The number of aryl methyl sites for hydroxylation is 1. The molecule has 60 heavy (non-hydrogen) atoms. The number of nitrogens with one attached hydrogen (secondary N) is 6. The average Bonchev–Trinajstić information content (AvgIpc) is 3.75. The molecule has 0 bridgehead atoms. The maximum atomic E-state index is 12.4. The van der Waals surface area contributed by atoms with Crippen LogP contribution < -0.4 is 38.1 Å². The predicted octanol–water partition coefficient (Wildman–Crippen LogP) is -0.132. The summed E-state index contributed by atoms with van der Waals surface area (Å²) in [6.45, 7) is 0.360. The van der Waals surface area contributed by atoms with E-state index in [1.165, 1.54) is 51.4 Å². The van der Waals surface area contributed by atoms with Crippen LogP contribution >= 0.6 is 0 Å². The molecule has 0 fully saturated rings. The van der Waals surface area contributed by atoms with Gasteiger partial charge in [-0.25, -0.2) is 9.89 Å². The predicted molar refractivity (Wildman–Crippen MR) is 222 cm³/mol. The van der Waals surface area contributed by atoms with Gasteiger partial charge in [-0.2, -0.15) is 0 Å². The SMILES string of the molecule is NCN[C@@H](CCCCNC(=O)COCCOCCNC(=O)CCC(NC(=O)CCCCCCCCCCCCCCCc1nnn[nH]1)C(=O)O)C(=O)CN[C@@H](CO)C(N)=O. The number of primary amides is 1. The fourth-order valence-corrected chi connectivity index (χ4v) is 6.22. The van der Waals surface area contributed by atoms with Crippen LogP contribution in [-0.2, 0) is 44.7 Å². The summed E-state index contributed by atoms with van der Waals surface area (Å²) >= 11 is 0. The molecular weight excluding hydrogens is 782 g/mol. The fourth-order valence-electron chi connectivity index (χ4n) is 6.22. The van der Waals surface area contributed by atoms with Gasteiger partial charge in [0.25, 0.3) is 0 Å². The number of aromatic nitrogens is 4. The zero-order chi connectivity index (χ0) is 44.1. The second kappa shape index (κ2) is 36.7. The smallest absolute Gasteiger partial charge is 0.326 e. The summed E-state index contributed by atoms with van der Waals surface area (Å²) < 4.78 is 10.7. The molecule has 4 amide bonds. The van der Waals surface area contributed by atoms with Crippen LogP contribution in [-0.4, -0.2) is 144 Å². The van der Waals surface area contributed by atoms with Crippen LogP contribution in [0.5, 0.6) is 0 Å². The molecule has 0 saturated carbocycles. The molecule has 0 aliphatic carbocycles. The number of ether oxygens (including phenoxy) is 2. The lowest BCUT2D eigenvalue weighted by molar-refractivity contribution is -0.142. The van der Waals surface area contributed by atoms with Crippen LogP contribution in [0.1, 0.15) is 128 Å². The highest BCUT2D eigenvalue weighted by molar-refractivity contribution is 5.87. The second-order valence-electron chi connectivity index (χ2n) is 14.7. The number of hydrogen-bond acceptors (Lipinski definition) is 15. The molecule has 0 aliphatic heterocycles. The molecule has 21 heteroatoms. The first-order chi connectivity index (χ1) is 29.1. The molecule has 1 heterocycles. The standard InChI is InChI=1S/C39H73N11O10/c40-29-45-30(33(52)26-44-32(27-51)38(41)56)16-14-15-21-42-37(55)28-60-25-24-59-23-22-43-35(53)20-19-31(39(57)58)46-36(54)18-13-11-9-7-5-3-1-2-4-6-8-10-12-17-34-47-49-50-48-34/h30-32,44-45,51H,1-29,40H2,(H2,41,56)(H,42,55)(H,43,53)(H,46,54)(H,57,58)(H,47,48,49,50)/t30-,31?,32-/m0/s1. The fraction of sp³-hybridized carbons (Fsp3) is 0.821. The molecule has 12 N–H and O–H groups in total. The topological polar surface area (TPSA) is 328 Å². The first kappa shape index (κ1) is 53.9. The number of nitrogens with zero attached hydrogens (tertiary/aromatic N) is 3. The Balaban J connectivity index is 1.98. The minimum atomic E-state index is -1.18. The molecule has 1 rings (SSSR count). The minimum absolute atomic E-state index is 0.0269. The number of aromatic amines is 1. The van der Waals surface area contributed by atoms with Crippen molar-refractivity contribution in [2.75, 3.05) is 59.3 Å². The van der Waals surface area contributed by atoms with Crippen LogP contribution in [0.15, 0.2) is 0 Å². The number of carbonyl (C=O) groups is 6. The van der Waals surface area contributed by atoms with Crippen molar-refractivity contribution in [1.29, 1.82) is 0 Å². The summed E-state index contributed by atoms with van der Waals surface area (Å²) in [4.78, 5) is 71.9. The lowest BCUT2D eigenvalue weighted by atomic mass is 10.0. The molecule has 0 spiro atoms. The van der Waals surface area contributed by atoms with Gasteiger partial charge in [-0.05, 0) is 49.0 Å². The third-order valence-corrected chi connectivity index (χ3v) is 9.72.